The molecular weight excluding hydrogens is 347 g/mol. The Labute approximate surface area is 140 Å². The van der Waals surface area contributed by atoms with Gasteiger partial charge in [-0.25, -0.2) is 4.79 Å². The van der Waals surface area contributed by atoms with Gasteiger partial charge in [0.15, 0.2) is 0 Å². The molecule has 0 radical (unpaired) electrons. The number of amides is 3. The van der Waals surface area contributed by atoms with E-state index in [9.17, 15) is 19.7 Å². The van der Waals surface area contributed by atoms with Gasteiger partial charge in [-0.2, -0.15) is 0 Å². The Bertz CT molecular complexity index is 703. The molecule has 2 N–H and O–H groups in total. The second kappa shape index (κ2) is 5.54. The number of carbonyl (C=O) groups is 2. The molecular formula is C13H12Cl2N4O4. The van der Waals surface area contributed by atoms with Gasteiger partial charge in [0, 0.05) is 18.7 Å². The van der Waals surface area contributed by atoms with Gasteiger partial charge in [-0.05, 0) is 12.8 Å². The van der Waals surface area contributed by atoms with E-state index in [0.717, 1.165) is 0 Å². The first kappa shape index (κ1) is 15.8. The summed E-state index contributed by atoms with van der Waals surface area (Å²) in [7, 11) is 0. The Kier molecular flexibility index (Phi) is 3.81. The Morgan fingerprint density at radius 3 is 2.43 bits per heavy atom. The van der Waals surface area contributed by atoms with Crippen molar-refractivity contribution in [2.75, 3.05) is 18.0 Å². The lowest BCUT2D eigenvalue weighted by atomic mass is 9.89. The first-order valence-electron chi connectivity index (χ1n) is 6.84. The molecule has 2 saturated heterocycles. The summed E-state index contributed by atoms with van der Waals surface area (Å²) in [6.07, 6.45) is 1.14. The molecule has 0 aliphatic carbocycles. The first-order valence-corrected chi connectivity index (χ1v) is 7.60. The highest BCUT2D eigenvalue weighted by Gasteiger charge is 2.49. The molecule has 0 aromatic heterocycles. The maximum absolute atomic E-state index is 12.1. The number of non-ortho nitro benzene ring substituents is 1. The van der Waals surface area contributed by atoms with E-state index in [0.29, 0.717) is 25.1 Å². The lowest BCUT2D eigenvalue weighted by Crippen LogP contribution is -2.58. The minimum absolute atomic E-state index is 0.131. The van der Waals surface area contributed by atoms with Crippen LogP contribution in [0.2, 0.25) is 10.0 Å². The van der Waals surface area contributed by atoms with Crippen LogP contribution in [-0.2, 0) is 4.79 Å². The molecule has 1 aromatic rings. The van der Waals surface area contributed by atoms with Crippen LogP contribution in [0.25, 0.3) is 0 Å². The Morgan fingerprint density at radius 1 is 1.26 bits per heavy atom. The molecule has 8 nitrogen and oxygen atoms in total. The van der Waals surface area contributed by atoms with E-state index in [-0.39, 0.29) is 28.2 Å². The number of nitrogens with zero attached hydrogens (tertiary/aromatic N) is 2. The van der Waals surface area contributed by atoms with Crippen LogP contribution in [0.1, 0.15) is 12.8 Å². The van der Waals surface area contributed by atoms with Gasteiger partial charge in [0.2, 0.25) is 0 Å². The zero-order chi connectivity index (χ0) is 16.8. The van der Waals surface area contributed by atoms with Gasteiger partial charge in [-0.15, -0.1) is 0 Å². The van der Waals surface area contributed by atoms with Crippen LogP contribution in [0.5, 0.6) is 0 Å². The van der Waals surface area contributed by atoms with Gasteiger partial charge in [0.1, 0.15) is 5.54 Å². The number of anilines is 1. The van der Waals surface area contributed by atoms with Crippen molar-refractivity contribution >= 4 is 46.5 Å². The summed E-state index contributed by atoms with van der Waals surface area (Å²) < 4.78 is 0. The van der Waals surface area contributed by atoms with Crippen LogP contribution in [0.15, 0.2) is 12.1 Å². The van der Waals surface area contributed by atoms with Crippen LogP contribution in [0, 0.1) is 10.1 Å². The third-order valence-corrected chi connectivity index (χ3v) is 4.61. The molecule has 1 spiro atoms. The summed E-state index contributed by atoms with van der Waals surface area (Å²) in [5.41, 5.74) is -0.807. The molecule has 0 bridgehead atoms. The number of rotatable bonds is 2. The second-order valence-corrected chi connectivity index (χ2v) is 6.34. The Balaban J connectivity index is 1.95. The van der Waals surface area contributed by atoms with Crippen LogP contribution < -0.4 is 15.5 Å². The summed E-state index contributed by atoms with van der Waals surface area (Å²) in [4.78, 5) is 35.5. The number of hydrogen-bond donors (Lipinski definition) is 2. The van der Waals surface area contributed by atoms with E-state index in [1.807, 2.05) is 0 Å². The highest BCUT2D eigenvalue weighted by Crippen LogP contribution is 2.40. The Hall–Kier alpha value is -2.06. The van der Waals surface area contributed by atoms with Crippen molar-refractivity contribution in [2.24, 2.45) is 0 Å². The summed E-state index contributed by atoms with van der Waals surface area (Å²) in [5, 5.41) is 16.0. The van der Waals surface area contributed by atoms with Gasteiger partial charge in [0.05, 0.1) is 27.2 Å². The van der Waals surface area contributed by atoms with Crippen molar-refractivity contribution in [3.05, 3.63) is 32.3 Å². The van der Waals surface area contributed by atoms with Crippen molar-refractivity contribution < 1.29 is 14.5 Å². The van der Waals surface area contributed by atoms with E-state index in [4.69, 9.17) is 23.2 Å². The van der Waals surface area contributed by atoms with Crippen LogP contribution in [0.3, 0.4) is 0 Å². The second-order valence-electron chi connectivity index (χ2n) is 5.53. The smallest absolute Gasteiger partial charge is 0.322 e. The zero-order valence-corrected chi connectivity index (χ0v) is 13.3. The maximum Gasteiger partial charge on any atom is 0.322 e. The first-order chi connectivity index (χ1) is 10.8. The van der Waals surface area contributed by atoms with E-state index < -0.39 is 16.5 Å². The van der Waals surface area contributed by atoms with Gasteiger partial charge < -0.3 is 10.2 Å². The number of halogens is 2. The molecule has 0 saturated carbocycles. The molecule has 3 amide bonds. The average molecular weight is 359 g/mol. The van der Waals surface area contributed by atoms with Crippen molar-refractivity contribution in [1.29, 1.82) is 0 Å². The molecule has 1 aromatic carbocycles. The molecule has 2 aliphatic rings. The zero-order valence-electron chi connectivity index (χ0n) is 11.8. The maximum atomic E-state index is 12.1. The van der Waals surface area contributed by atoms with Crippen LogP contribution in [-0.4, -0.2) is 35.5 Å². The number of imide groups is 1. The largest absolute Gasteiger partial charge is 0.366 e. The predicted octanol–water partition coefficient (Wildman–Crippen LogP) is 2.08. The van der Waals surface area contributed by atoms with Gasteiger partial charge in [-0.1, -0.05) is 23.2 Å². The van der Waals surface area contributed by atoms with Crippen molar-refractivity contribution in [1.82, 2.24) is 10.6 Å². The summed E-state index contributed by atoms with van der Waals surface area (Å²) >= 11 is 12.3. The summed E-state index contributed by atoms with van der Waals surface area (Å²) in [6, 6.07) is 1.91. The van der Waals surface area contributed by atoms with Crippen LogP contribution in [0.4, 0.5) is 16.2 Å². The summed E-state index contributed by atoms with van der Waals surface area (Å²) in [5.74, 6) is -0.388. The predicted molar refractivity (Wildman–Crippen MR) is 84.0 cm³/mol. The molecule has 2 aliphatic heterocycles. The van der Waals surface area contributed by atoms with Gasteiger partial charge in [-0.3, -0.25) is 20.2 Å². The van der Waals surface area contributed by atoms with E-state index in [1.54, 1.807) is 4.90 Å². The highest BCUT2D eigenvalue weighted by atomic mass is 35.5. The van der Waals surface area contributed by atoms with E-state index in [1.165, 1.54) is 12.1 Å². The van der Waals surface area contributed by atoms with E-state index >= 15 is 0 Å². The number of nitro benzene ring substituents is 1. The number of benzene rings is 1. The van der Waals surface area contributed by atoms with Gasteiger partial charge >= 0.3 is 6.03 Å². The lowest BCUT2D eigenvalue weighted by Gasteiger charge is -2.39. The number of urea groups is 1. The van der Waals surface area contributed by atoms with E-state index in [2.05, 4.69) is 10.6 Å². The average Bonchev–Trinajstić information content (AvgIpc) is 2.71. The minimum Gasteiger partial charge on any atom is -0.366 e. The molecule has 122 valence electrons. The van der Waals surface area contributed by atoms with Crippen molar-refractivity contribution in [3.8, 4) is 0 Å². The third-order valence-electron chi connectivity index (χ3n) is 4.04. The quantitative estimate of drug-likeness (QED) is 0.478. The number of nitro groups is 1. The fourth-order valence-electron chi connectivity index (χ4n) is 3.02. The monoisotopic (exact) mass is 358 g/mol. The Morgan fingerprint density at radius 2 is 1.91 bits per heavy atom. The highest BCUT2D eigenvalue weighted by molar-refractivity contribution is 6.39. The normalized spacial score (nSPS) is 23.8. The SMILES string of the molecule is O=C1NC(=O)C2(CCCN(c3c(Cl)cc([N+](=O)[O-])cc3Cl)C2)N1. The standard InChI is InChI=1S/C13H12Cl2N4O4/c14-8-4-7(19(22)23)5-9(15)10(8)18-3-1-2-13(6-18)11(20)16-12(21)17-13/h4-5H,1-3,6H2,(H2,16,17,20,21). The molecule has 2 fully saturated rings. The van der Waals surface area contributed by atoms with Crippen molar-refractivity contribution in [3.63, 3.8) is 0 Å². The number of piperidine rings is 1. The number of nitrogens with one attached hydrogen (secondary N) is 2. The fourth-order valence-corrected chi connectivity index (χ4v) is 3.74. The third kappa shape index (κ3) is 2.68. The van der Waals surface area contributed by atoms with Crippen molar-refractivity contribution in [2.45, 2.75) is 18.4 Å². The summed E-state index contributed by atoms with van der Waals surface area (Å²) in [6.45, 7) is 0.768. The number of hydrogen-bond acceptors (Lipinski definition) is 5. The van der Waals surface area contributed by atoms with Gasteiger partial charge in [0.25, 0.3) is 11.6 Å². The molecule has 10 heteroatoms. The lowest BCUT2D eigenvalue weighted by molar-refractivity contribution is -0.384. The van der Waals surface area contributed by atoms with Crippen LogP contribution >= 0.6 is 23.2 Å². The molecule has 3 rings (SSSR count). The topological polar surface area (TPSA) is 105 Å². The number of carbonyl (C=O) groups excluding carboxylic acids is 2. The molecule has 23 heavy (non-hydrogen) atoms. The molecule has 2 heterocycles. The molecule has 1 atom stereocenters. The molecule has 1 unspecified atom stereocenters. The fraction of sp³-hybridized carbons (Fsp3) is 0.385. The minimum atomic E-state index is -1.02.